The van der Waals surface area contributed by atoms with Crippen LogP contribution in [0.25, 0.3) is 10.9 Å². The van der Waals surface area contributed by atoms with Gasteiger partial charge in [-0.05, 0) is 12.5 Å². The number of benzene rings is 1. The molecule has 2 aromatic rings. The van der Waals surface area contributed by atoms with E-state index in [4.69, 9.17) is 4.55 Å². The van der Waals surface area contributed by atoms with Crippen molar-refractivity contribution in [3.63, 3.8) is 0 Å². The van der Waals surface area contributed by atoms with Crippen molar-refractivity contribution >= 4 is 21.0 Å². The van der Waals surface area contributed by atoms with Gasteiger partial charge in [0.1, 0.15) is 5.52 Å². The van der Waals surface area contributed by atoms with E-state index in [-0.39, 0.29) is 5.75 Å². The van der Waals surface area contributed by atoms with Gasteiger partial charge < -0.3 is 0 Å². The van der Waals surface area contributed by atoms with E-state index in [9.17, 15) is 8.42 Å². The van der Waals surface area contributed by atoms with Crippen molar-refractivity contribution in [2.75, 3.05) is 5.75 Å². The molecule has 1 heterocycles. The Balaban J connectivity index is 1.96. The summed E-state index contributed by atoms with van der Waals surface area (Å²) in [6.45, 7) is 0.639. The fourth-order valence-electron chi connectivity index (χ4n) is 1.74. The summed E-state index contributed by atoms with van der Waals surface area (Å²) in [6, 6.07) is 9.79. The van der Waals surface area contributed by atoms with E-state index in [1.165, 1.54) is 0 Å². The first-order valence-corrected chi connectivity index (χ1v) is 7.36. The van der Waals surface area contributed by atoms with E-state index in [0.717, 1.165) is 10.9 Å². The van der Waals surface area contributed by atoms with Crippen LogP contribution in [0.1, 0.15) is 12.8 Å². The molecule has 1 aromatic heterocycles. The van der Waals surface area contributed by atoms with Crippen molar-refractivity contribution in [3.8, 4) is 0 Å². The van der Waals surface area contributed by atoms with Crippen molar-refractivity contribution in [1.29, 1.82) is 0 Å². The minimum absolute atomic E-state index is 0.193. The summed E-state index contributed by atoms with van der Waals surface area (Å²) < 4.78 is 31.5. The number of hydrogen-bond donors (Lipinski definition) is 1. The van der Waals surface area contributed by atoms with Gasteiger partial charge in [-0.15, -0.1) is 0 Å². The molecule has 1 N–H and O–H groups in total. The molecule has 0 saturated carbocycles. The molecule has 0 fully saturated rings. The average molecular weight is 267 g/mol. The lowest BCUT2D eigenvalue weighted by Gasteiger charge is -1.97. The largest absolute Gasteiger partial charge is 0.286 e. The second-order valence-corrected chi connectivity index (χ2v) is 5.70. The second kappa shape index (κ2) is 5.41. The lowest BCUT2D eigenvalue weighted by atomic mass is 10.2. The Hall–Kier alpha value is -1.53. The predicted molar refractivity (Wildman–Crippen MR) is 67.6 cm³/mol. The highest BCUT2D eigenvalue weighted by molar-refractivity contribution is 7.85. The smallest absolute Gasteiger partial charge is 0.264 e. The summed E-state index contributed by atoms with van der Waals surface area (Å²) in [5.74, 6) is -0.193. The van der Waals surface area contributed by atoms with Gasteiger partial charge in [0.15, 0.2) is 12.7 Å². The number of aromatic nitrogens is 2. The lowest BCUT2D eigenvalue weighted by molar-refractivity contribution is -0.752. The van der Waals surface area contributed by atoms with Crippen molar-refractivity contribution in [1.82, 2.24) is 5.10 Å². The molecule has 6 heteroatoms. The Morgan fingerprint density at radius 2 is 1.94 bits per heavy atom. The van der Waals surface area contributed by atoms with Crippen LogP contribution in [-0.2, 0) is 16.7 Å². The molecule has 0 atom stereocenters. The third kappa shape index (κ3) is 3.75. The maximum Gasteiger partial charge on any atom is 0.264 e. The monoisotopic (exact) mass is 267 g/mol. The van der Waals surface area contributed by atoms with Gasteiger partial charge in [-0.25, -0.2) is 0 Å². The highest BCUT2D eigenvalue weighted by Crippen LogP contribution is 2.06. The van der Waals surface area contributed by atoms with Crippen LogP contribution in [0.2, 0.25) is 0 Å². The first kappa shape index (κ1) is 12.9. The van der Waals surface area contributed by atoms with Crippen molar-refractivity contribution in [2.24, 2.45) is 0 Å². The number of aryl methyl sites for hydroxylation is 1. The standard InChI is InChI=1S/C12H14N2O3S/c15-18(16,17)10-4-3-8-14-9-7-11-5-1-2-6-12(11)13-14/h1-2,5-7,9H,3-4,8,10H2/p+1. The molecular weight excluding hydrogens is 252 g/mol. The number of rotatable bonds is 5. The lowest BCUT2D eigenvalue weighted by Crippen LogP contribution is -2.37. The minimum Gasteiger partial charge on any atom is -0.286 e. The number of hydrogen-bond acceptors (Lipinski definition) is 3. The van der Waals surface area contributed by atoms with Crippen molar-refractivity contribution in [2.45, 2.75) is 19.4 Å². The molecular formula is C12H15N2O3S+. The fraction of sp³-hybridized carbons (Fsp3) is 0.333. The van der Waals surface area contributed by atoms with Crippen LogP contribution in [0.3, 0.4) is 0 Å². The highest BCUT2D eigenvalue weighted by atomic mass is 32.2. The van der Waals surface area contributed by atoms with Crippen LogP contribution >= 0.6 is 0 Å². The molecule has 0 aliphatic heterocycles. The van der Waals surface area contributed by atoms with Crippen LogP contribution in [0.15, 0.2) is 36.5 Å². The van der Waals surface area contributed by atoms with Crippen LogP contribution in [-0.4, -0.2) is 23.8 Å². The molecule has 0 radical (unpaired) electrons. The summed E-state index contributed by atoms with van der Waals surface area (Å²) in [4.78, 5) is 0. The predicted octanol–water partition coefficient (Wildman–Crippen LogP) is 1.19. The Morgan fingerprint density at radius 1 is 1.17 bits per heavy atom. The van der Waals surface area contributed by atoms with Crippen LogP contribution in [0, 0.1) is 0 Å². The zero-order valence-electron chi connectivity index (χ0n) is 9.86. The van der Waals surface area contributed by atoms with Gasteiger partial charge in [0.25, 0.3) is 10.1 Å². The molecule has 0 aliphatic rings. The molecule has 0 spiro atoms. The SMILES string of the molecule is O=S(=O)(O)CCCC[n+]1ccc2ccccc2n1. The van der Waals surface area contributed by atoms with E-state index in [1.54, 1.807) is 4.68 Å². The topological polar surface area (TPSA) is 71.1 Å². The zero-order chi connectivity index (χ0) is 13.0. The van der Waals surface area contributed by atoms with Crippen LogP contribution in [0.5, 0.6) is 0 Å². The molecule has 0 bridgehead atoms. The molecule has 96 valence electrons. The van der Waals surface area contributed by atoms with E-state index in [1.807, 2.05) is 36.5 Å². The maximum atomic E-state index is 10.6. The van der Waals surface area contributed by atoms with Gasteiger partial charge in [0.2, 0.25) is 0 Å². The van der Waals surface area contributed by atoms with Gasteiger partial charge in [0, 0.05) is 23.0 Å². The second-order valence-electron chi connectivity index (χ2n) is 4.13. The summed E-state index contributed by atoms with van der Waals surface area (Å²) in [5, 5.41) is 5.49. The van der Waals surface area contributed by atoms with Gasteiger partial charge in [-0.3, -0.25) is 4.55 Å². The van der Waals surface area contributed by atoms with Crippen LogP contribution < -0.4 is 4.68 Å². The normalized spacial score (nSPS) is 11.8. The molecule has 1 aromatic carbocycles. The molecule has 0 amide bonds. The number of unbranched alkanes of at least 4 members (excludes halogenated alkanes) is 1. The minimum atomic E-state index is -3.84. The molecule has 0 saturated heterocycles. The fourth-order valence-corrected chi connectivity index (χ4v) is 2.31. The molecule has 0 unspecified atom stereocenters. The Kier molecular flexibility index (Phi) is 3.88. The van der Waals surface area contributed by atoms with Gasteiger partial charge >= 0.3 is 0 Å². The van der Waals surface area contributed by atoms with E-state index in [0.29, 0.717) is 19.4 Å². The van der Waals surface area contributed by atoms with Gasteiger partial charge in [0.05, 0.1) is 5.75 Å². The summed E-state index contributed by atoms with van der Waals surface area (Å²) in [6.07, 6.45) is 2.96. The maximum absolute atomic E-state index is 10.6. The Bertz CT molecular complexity index is 641. The van der Waals surface area contributed by atoms with Crippen LogP contribution in [0.4, 0.5) is 0 Å². The number of fused-ring (bicyclic) bond motifs is 1. The number of nitrogens with zero attached hydrogens (tertiary/aromatic N) is 2. The van der Waals surface area contributed by atoms with E-state index >= 15 is 0 Å². The first-order valence-electron chi connectivity index (χ1n) is 5.75. The highest BCUT2D eigenvalue weighted by Gasteiger charge is 2.07. The third-order valence-corrected chi connectivity index (χ3v) is 3.44. The molecule has 2 rings (SSSR count). The van der Waals surface area contributed by atoms with E-state index < -0.39 is 10.1 Å². The first-order chi connectivity index (χ1) is 8.54. The van der Waals surface area contributed by atoms with Gasteiger partial charge in [-0.1, -0.05) is 22.9 Å². The average Bonchev–Trinajstić information content (AvgIpc) is 2.33. The molecule has 0 aliphatic carbocycles. The van der Waals surface area contributed by atoms with Gasteiger partial charge in [-0.2, -0.15) is 8.42 Å². The van der Waals surface area contributed by atoms with Crippen molar-refractivity contribution < 1.29 is 17.7 Å². The quantitative estimate of drug-likeness (QED) is 0.502. The summed E-state index contributed by atoms with van der Waals surface area (Å²) in [7, 11) is -3.84. The Labute approximate surface area is 106 Å². The zero-order valence-corrected chi connectivity index (χ0v) is 10.7. The van der Waals surface area contributed by atoms with E-state index in [2.05, 4.69) is 5.10 Å². The Morgan fingerprint density at radius 3 is 2.72 bits per heavy atom. The summed E-state index contributed by atoms with van der Waals surface area (Å²) >= 11 is 0. The molecule has 18 heavy (non-hydrogen) atoms. The summed E-state index contributed by atoms with van der Waals surface area (Å²) in [5.41, 5.74) is 0.912. The van der Waals surface area contributed by atoms with Crippen molar-refractivity contribution in [3.05, 3.63) is 36.5 Å². The molecule has 5 nitrogen and oxygen atoms in total. The third-order valence-electron chi connectivity index (χ3n) is 2.64.